The number of rotatable bonds is 5. The number of ether oxygens (including phenoxy) is 1. The first-order valence-electron chi connectivity index (χ1n) is 9.91. The molecule has 2 aromatic rings. The van der Waals surface area contributed by atoms with Crippen LogP contribution < -0.4 is 15.4 Å². The molecule has 0 aromatic heterocycles. The average molecular weight is 364 g/mol. The maximum Gasteiger partial charge on any atom is 0.228 e. The summed E-state index contributed by atoms with van der Waals surface area (Å²) in [7, 11) is 0. The first-order valence-corrected chi connectivity index (χ1v) is 9.91. The highest BCUT2D eigenvalue weighted by atomic mass is 16.5. The second-order valence-electron chi connectivity index (χ2n) is 8.01. The van der Waals surface area contributed by atoms with Crippen LogP contribution in [-0.2, 0) is 4.79 Å². The van der Waals surface area contributed by atoms with Gasteiger partial charge in [-0.1, -0.05) is 30.3 Å². The first kappa shape index (κ1) is 18.1. The van der Waals surface area contributed by atoms with E-state index in [-0.39, 0.29) is 23.3 Å². The van der Waals surface area contributed by atoms with Crippen molar-refractivity contribution in [3.63, 3.8) is 0 Å². The van der Waals surface area contributed by atoms with E-state index in [1.165, 1.54) is 0 Å². The van der Waals surface area contributed by atoms with E-state index in [1.54, 1.807) is 0 Å². The molecule has 2 aliphatic rings. The molecule has 0 bridgehead atoms. The number of nitrogens with one attached hydrogen (secondary N) is 2. The molecule has 0 radical (unpaired) electrons. The third kappa shape index (κ3) is 3.86. The summed E-state index contributed by atoms with van der Waals surface area (Å²) < 4.78 is 6.07. The zero-order valence-corrected chi connectivity index (χ0v) is 16.1. The monoisotopic (exact) mass is 364 g/mol. The predicted octanol–water partition coefficient (Wildman–Crippen LogP) is 4.46. The van der Waals surface area contributed by atoms with E-state index in [0.29, 0.717) is 0 Å². The minimum absolute atomic E-state index is 0.0164. The molecule has 2 aromatic carbocycles. The van der Waals surface area contributed by atoms with Crippen LogP contribution in [0, 0.1) is 18.3 Å². The van der Waals surface area contributed by atoms with Crippen molar-refractivity contribution in [3.8, 4) is 5.75 Å². The third-order valence-electron chi connectivity index (χ3n) is 6.14. The molecular formula is C23H28N2O2. The lowest BCUT2D eigenvalue weighted by Gasteiger charge is -2.23. The molecule has 27 heavy (non-hydrogen) atoms. The summed E-state index contributed by atoms with van der Waals surface area (Å²) in [4.78, 5) is 12.7. The standard InChI is InChI=1S/C23H28N2O2/c1-16-14-19(27-17(2)18-6-4-3-5-7-18)8-9-21(16)25-22(26)20-15-23(20)10-12-24-13-11-23/h3-9,14,17,20,24H,10-13,15H2,1-2H3,(H,25,26). The van der Waals surface area contributed by atoms with Crippen LogP contribution in [0.1, 0.15) is 43.4 Å². The highest BCUT2D eigenvalue weighted by Crippen LogP contribution is 2.58. The Morgan fingerprint density at radius 1 is 1.19 bits per heavy atom. The number of carbonyl (C=O) groups excluding carboxylic acids is 1. The fraction of sp³-hybridized carbons (Fsp3) is 0.435. The maximum atomic E-state index is 12.7. The summed E-state index contributed by atoms with van der Waals surface area (Å²) in [6.45, 7) is 6.14. The van der Waals surface area contributed by atoms with E-state index in [0.717, 1.165) is 54.9 Å². The Balaban J connectivity index is 1.38. The molecule has 4 nitrogen and oxygen atoms in total. The molecule has 1 heterocycles. The van der Waals surface area contributed by atoms with Crippen LogP contribution in [0.2, 0.25) is 0 Å². The van der Waals surface area contributed by atoms with Gasteiger partial charge in [0, 0.05) is 11.6 Å². The second-order valence-corrected chi connectivity index (χ2v) is 8.01. The van der Waals surface area contributed by atoms with Crippen LogP contribution in [0.5, 0.6) is 5.75 Å². The zero-order chi connectivity index (χ0) is 18.9. The van der Waals surface area contributed by atoms with E-state index < -0.39 is 0 Å². The van der Waals surface area contributed by atoms with Gasteiger partial charge in [-0.3, -0.25) is 4.79 Å². The van der Waals surface area contributed by atoms with Crippen molar-refractivity contribution >= 4 is 11.6 Å². The highest BCUT2D eigenvalue weighted by molar-refractivity contribution is 5.95. The quantitative estimate of drug-likeness (QED) is 0.823. The number of anilines is 1. The Kier molecular flexibility index (Phi) is 4.92. The second kappa shape index (κ2) is 7.35. The summed E-state index contributed by atoms with van der Waals surface area (Å²) in [5.41, 5.74) is 3.32. The van der Waals surface area contributed by atoms with Crippen LogP contribution in [0.4, 0.5) is 5.69 Å². The van der Waals surface area contributed by atoms with Gasteiger partial charge in [-0.2, -0.15) is 0 Å². The Morgan fingerprint density at radius 3 is 2.63 bits per heavy atom. The molecule has 1 aliphatic heterocycles. The lowest BCUT2D eigenvalue weighted by molar-refractivity contribution is -0.118. The summed E-state index contributed by atoms with van der Waals surface area (Å²) in [6, 6.07) is 16.1. The van der Waals surface area contributed by atoms with E-state index >= 15 is 0 Å². The Hall–Kier alpha value is -2.33. The van der Waals surface area contributed by atoms with Gasteiger partial charge in [0.1, 0.15) is 11.9 Å². The summed E-state index contributed by atoms with van der Waals surface area (Å²) >= 11 is 0. The van der Waals surface area contributed by atoms with Crippen LogP contribution in [0.15, 0.2) is 48.5 Å². The number of carbonyl (C=O) groups is 1. The van der Waals surface area contributed by atoms with Gasteiger partial charge >= 0.3 is 0 Å². The summed E-state index contributed by atoms with van der Waals surface area (Å²) in [5.74, 6) is 1.17. The summed E-state index contributed by atoms with van der Waals surface area (Å²) in [6.07, 6.45) is 3.26. The molecule has 142 valence electrons. The normalized spacial score (nSPS) is 21.5. The minimum atomic E-state index is -0.0164. The van der Waals surface area contributed by atoms with E-state index in [9.17, 15) is 4.79 Å². The number of amides is 1. The lowest BCUT2D eigenvalue weighted by atomic mass is 9.91. The fourth-order valence-electron chi connectivity index (χ4n) is 4.26. The molecule has 1 spiro atoms. The Labute approximate surface area is 161 Å². The number of aryl methyl sites for hydroxylation is 1. The molecule has 1 saturated heterocycles. The summed E-state index contributed by atoms with van der Waals surface area (Å²) in [5, 5.41) is 6.53. The van der Waals surface area contributed by atoms with Crippen molar-refractivity contribution in [2.24, 2.45) is 11.3 Å². The van der Waals surface area contributed by atoms with Crippen LogP contribution >= 0.6 is 0 Å². The number of benzene rings is 2. The third-order valence-corrected chi connectivity index (χ3v) is 6.14. The predicted molar refractivity (Wildman–Crippen MR) is 108 cm³/mol. The average Bonchev–Trinajstić information content (AvgIpc) is 3.38. The SMILES string of the molecule is Cc1cc(OC(C)c2ccccc2)ccc1NC(=O)C1CC12CCNCC2. The van der Waals surface area contributed by atoms with Crippen LogP contribution in [0.25, 0.3) is 0 Å². The minimum Gasteiger partial charge on any atom is -0.486 e. The number of hydrogen-bond acceptors (Lipinski definition) is 3. The van der Waals surface area contributed by atoms with Crippen LogP contribution in [0.3, 0.4) is 0 Å². The highest BCUT2D eigenvalue weighted by Gasteiger charge is 2.57. The van der Waals surface area contributed by atoms with E-state index in [2.05, 4.69) is 22.8 Å². The molecule has 1 saturated carbocycles. The van der Waals surface area contributed by atoms with Gasteiger partial charge in [0.25, 0.3) is 0 Å². The number of piperidine rings is 1. The molecule has 2 fully saturated rings. The molecule has 2 unspecified atom stereocenters. The molecule has 1 amide bonds. The van der Waals surface area contributed by atoms with E-state index in [1.807, 2.05) is 50.2 Å². The van der Waals surface area contributed by atoms with Crippen LogP contribution in [-0.4, -0.2) is 19.0 Å². The Morgan fingerprint density at radius 2 is 1.93 bits per heavy atom. The topological polar surface area (TPSA) is 50.4 Å². The van der Waals surface area contributed by atoms with Crippen molar-refractivity contribution in [2.45, 2.75) is 39.2 Å². The van der Waals surface area contributed by atoms with Gasteiger partial charge < -0.3 is 15.4 Å². The largest absolute Gasteiger partial charge is 0.486 e. The smallest absolute Gasteiger partial charge is 0.228 e. The van der Waals surface area contributed by atoms with Gasteiger partial charge in [-0.25, -0.2) is 0 Å². The molecule has 2 atom stereocenters. The van der Waals surface area contributed by atoms with Gasteiger partial charge in [-0.05, 0) is 80.9 Å². The number of hydrogen-bond donors (Lipinski definition) is 2. The molecule has 1 aliphatic carbocycles. The van der Waals surface area contributed by atoms with Crippen molar-refractivity contribution in [1.82, 2.24) is 5.32 Å². The van der Waals surface area contributed by atoms with Crippen molar-refractivity contribution in [3.05, 3.63) is 59.7 Å². The first-order chi connectivity index (χ1) is 13.1. The van der Waals surface area contributed by atoms with Crippen molar-refractivity contribution < 1.29 is 9.53 Å². The van der Waals surface area contributed by atoms with Crippen molar-refractivity contribution in [2.75, 3.05) is 18.4 Å². The lowest BCUT2D eigenvalue weighted by Crippen LogP contribution is -2.31. The van der Waals surface area contributed by atoms with Gasteiger partial charge in [0.2, 0.25) is 5.91 Å². The van der Waals surface area contributed by atoms with Gasteiger partial charge in [0.15, 0.2) is 0 Å². The molecular weight excluding hydrogens is 336 g/mol. The Bertz CT molecular complexity index is 812. The molecule has 4 heteroatoms. The molecule has 4 rings (SSSR count). The maximum absolute atomic E-state index is 12.7. The molecule has 2 N–H and O–H groups in total. The fourth-order valence-corrected chi connectivity index (χ4v) is 4.26. The van der Waals surface area contributed by atoms with E-state index in [4.69, 9.17) is 4.74 Å². The van der Waals surface area contributed by atoms with Gasteiger partial charge in [0.05, 0.1) is 0 Å². The zero-order valence-electron chi connectivity index (χ0n) is 16.1. The van der Waals surface area contributed by atoms with Gasteiger partial charge in [-0.15, -0.1) is 0 Å². The van der Waals surface area contributed by atoms with Crippen molar-refractivity contribution in [1.29, 1.82) is 0 Å².